The van der Waals surface area contributed by atoms with Gasteiger partial charge in [-0.1, -0.05) is 29.8 Å². The summed E-state index contributed by atoms with van der Waals surface area (Å²) in [5.41, 5.74) is 2.69. The van der Waals surface area contributed by atoms with Gasteiger partial charge in [0.25, 0.3) is 11.8 Å². The zero-order valence-corrected chi connectivity index (χ0v) is 20.9. The second kappa shape index (κ2) is 11.4. The van der Waals surface area contributed by atoms with Crippen LogP contribution in [-0.4, -0.2) is 76.1 Å². The summed E-state index contributed by atoms with van der Waals surface area (Å²) < 4.78 is 6.64. The van der Waals surface area contributed by atoms with Crippen molar-refractivity contribution in [3.63, 3.8) is 0 Å². The van der Waals surface area contributed by atoms with Crippen molar-refractivity contribution in [3.05, 3.63) is 52.8 Å². The van der Waals surface area contributed by atoms with Crippen LogP contribution < -0.4 is 5.32 Å². The van der Waals surface area contributed by atoms with Gasteiger partial charge in [-0.25, -0.2) is 0 Å². The number of aryl methyl sites for hydroxylation is 2. The minimum atomic E-state index is -0.497. The van der Waals surface area contributed by atoms with Crippen molar-refractivity contribution >= 4 is 23.7 Å². The number of likely N-dealkylation sites (tertiary alicyclic amines) is 1. The van der Waals surface area contributed by atoms with E-state index in [9.17, 15) is 19.2 Å². The molecular formula is C26H33N5O5. The van der Waals surface area contributed by atoms with Crippen LogP contribution in [0.3, 0.4) is 0 Å². The van der Waals surface area contributed by atoms with Gasteiger partial charge >= 0.3 is 5.97 Å². The lowest BCUT2D eigenvalue weighted by molar-refractivity contribution is -0.151. The van der Waals surface area contributed by atoms with E-state index in [-0.39, 0.29) is 35.9 Å². The molecule has 0 atom stereocenters. The van der Waals surface area contributed by atoms with Crippen LogP contribution in [0.25, 0.3) is 0 Å². The number of hydrogen-bond donors (Lipinski definition) is 1. The maximum Gasteiger partial charge on any atom is 0.309 e. The van der Waals surface area contributed by atoms with Gasteiger partial charge in [0.15, 0.2) is 5.69 Å². The molecule has 2 aliphatic rings. The summed E-state index contributed by atoms with van der Waals surface area (Å²) in [5, 5.41) is 6.96. The number of amides is 3. The molecule has 2 aliphatic heterocycles. The summed E-state index contributed by atoms with van der Waals surface area (Å²) in [7, 11) is 0. The molecule has 1 N–H and O–H groups in total. The highest BCUT2D eigenvalue weighted by Crippen LogP contribution is 2.19. The fraction of sp³-hybridized carbons (Fsp3) is 0.500. The molecule has 0 bridgehead atoms. The smallest absolute Gasteiger partial charge is 0.309 e. The molecule has 3 heterocycles. The Hall–Kier alpha value is -3.69. The van der Waals surface area contributed by atoms with Crippen molar-refractivity contribution in [1.82, 2.24) is 24.9 Å². The Kier molecular flexibility index (Phi) is 8.02. The van der Waals surface area contributed by atoms with Crippen LogP contribution in [-0.2, 0) is 27.4 Å². The Morgan fingerprint density at radius 3 is 2.50 bits per heavy atom. The largest absolute Gasteiger partial charge is 0.466 e. The summed E-state index contributed by atoms with van der Waals surface area (Å²) >= 11 is 0. The third-order valence-corrected chi connectivity index (χ3v) is 6.68. The lowest BCUT2D eigenvalue weighted by atomic mass is 9.97. The van der Waals surface area contributed by atoms with Crippen LogP contribution in [0, 0.1) is 12.8 Å². The molecule has 0 spiro atoms. The van der Waals surface area contributed by atoms with Gasteiger partial charge in [-0.15, -0.1) is 0 Å². The van der Waals surface area contributed by atoms with E-state index in [1.165, 1.54) is 6.07 Å². The fourth-order valence-corrected chi connectivity index (χ4v) is 4.59. The van der Waals surface area contributed by atoms with E-state index in [1.807, 2.05) is 31.2 Å². The van der Waals surface area contributed by atoms with Crippen molar-refractivity contribution in [3.8, 4) is 0 Å². The molecule has 36 heavy (non-hydrogen) atoms. The van der Waals surface area contributed by atoms with Crippen LogP contribution in [0.4, 0.5) is 0 Å². The Labute approximate surface area is 210 Å². The number of ether oxygens (including phenoxy) is 1. The van der Waals surface area contributed by atoms with Crippen LogP contribution in [0.15, 0.2) is 30.3 Å². The van der Waals surface area contributed by atoms with Gasteiger partial charge in [0, 0.05) is 38.8 Å². The molecule has 0 radical (unpaired) electrons. The number of fused-ring (bicyclic) bond motifs is 1. The SMILES string of the molecule is CCOC(=O)C1CCN(C(=O)CNC(=O)c2cc3n(n2)CCCN(Cc2ccc(C)cc2)C3=O)CC1. The van der Waals surface area contributed by atoms with Gasteiger partial charge in [-0.3, -0.25) is 23.9 Å². The topological polar surface area (TPSA) is 114 Å². The van der Waals surface area contributed by atoms with E-state index in [2.05, 4.69) is 10.4 Å². The van der Waals surface area contributed by atoms with E-state index in [0.717, 1.165) is 17.5 Å². The number of hydrogen-bond acceptors (Lipinski definition) is 6. The zero-order chi connectivity index (χ0) is 25.7. The first kappa shape index (κ1) is 25.4. The van der Waals surface area contributed by atoms with Crippen molar-refractivity contribution in [2.75, 3.05) is 32.8 Å². The predicted molar refractivity (Wildman–Crippen MR) is 131 cm³/mol. The molecule has 3 amide bonds. The normalized spacial score (nSPS) is 16.3. The zero-order valence-electron chi connectivity index (χ0n) is 20.9. The Bertz CT molecular complexity index is 1120. The van der Waals surface area contributed by atoms with Gasteiger partial charge in [-0.05, 0) is 38.7 Å². The third-order valence-electron chi connectivity index (χ3n) is 6.68. The number of benzene rings is 1. The molecule has 0 unspecified atom stereocenters. The average Bonchev–Trinajstić information content (AvgIpc) is 3.26. The molecule has 1 aromatic carbocycles. The average molecular weight is 496 g/mol. The summed E-state index contributed by atoms with van der Waals surface area (Å²) in [4.78, 5) is 53.8. The van der Waals surface area contributed by atoms with Gasteiger partial charge in [0.1, 0.15) is 5.69 Å². The first-order chi connectivity index (χ1) is 17.4. The fourth-order valence-electron chi connectivity index (χ4n) is 4.59. The van der Waals surface area contributed by atoms with Crippen LogP contribution in [0.2, 0.25) is 0 Å². The van der Waals surface area contributed by atoms with E-state index < -0.39 is 5.91 Å². The summed E-state index contributed by atoms with van der Waals surface area (Å²) in [6, 6.07) is 9.57. The number of rotatable bonds is 7. The highest BCUT2D eigenvalue weighted by atomic mass is 16.5. The quantitative estimate of drug-likeness (QED) is 0.586. The first-order valence-corrected chi connectivity index (χ1v) is 12.5. The highest BCUT2D eigenvalue weighted by molar-refractivity contribution is 5.99. The van der Waals surface area contributed by atoms with Crippen molar-refractivity contribution in [1.29, 1.82) is 0 Å². The Balaban J connectivity index is 1.32. The third kappa shape index (κ3) is 5.92. The molecule has 1 aromatic heterocycles. The van der Waals surface area contributed by atoms with Crippen LogP contribution in [0.1, 0.15) is 58.3 Å². The monoisotopic (exact) mass is 495 g/mol. The lowest BCUT2D eigenvalue weighted by Gasteiger charge is -2.30. The minimum absolute atomic E-state index is 0.115. The van der Waals surface area contributed by atoms with Gasteiger partial charge in [0.2, 0.25) is 5.91 Å². The van der Waals surface area contributed by atoms with E-state index >= 15 is 0 Å². The molecule has 192 valence electrons. The van der Waals surface area contributed by atoms with Gasteiger partial charge in [-0.2, -0.15) is 5.10 Å². The van der Waals surface area contributed by atoms with Crippen molar-refractivity contribution in [2.45, 2.75) is 46.2 Å². The summed E-state index contributed by atoms with van der Waals surface area (Å²) in [6.45, 7) is 6.50. The van der Waals surface area contributed by atoms with Gasteiger partial charge < -0.3 is 19.9 Å². The van der Waals surface area contributed by atoms with E-state index in [4.69, 9.17) is 4.74 Å². The number of nitrogens with zero attached hydrogens (tertiary/aromatic N) is 4. The molecular weight excluding hydrogens is 462 g/mol. The number of aromatic nitrogens is 2. The number of esters is 1. The number of carbonyl (C=O) groups excluding carboxylic acids is 4. The molecule has 2 aromatic rings. The lowest BCUT2D eigenvalue weighted by Crippen LogP contribution is -2.45. The number of piperidine rings is 1. The minimum Gasteiger partial charge on any atom is -0.466 e. The second-order valence-electron chi connectivity index (χ2n) is 9.29. The molecule has 10 heteroatoms. The predicted octanol–water partition coefficient (Wildman–Crippen LogP) is 1.77. The van der Waals surface area contributed by atoms with Crippen molar-refractivity contribution in [2.24, 2.45) is 5.92 Å². The van der Waals surface area contributed by atoms with Gasteiger partial charge in [0.05, 0.1) is 19.1 Å². The number of carbonyl (C=O) groups is 4. The Morgan fingerprint density at radius 2 is 1.81 bits per heavy atom. The molecule has 1 saturated heterocycles. The Morgan fingerprint density at radius 1 is 1.08 bits per heavy atom. The molecule has 10 nitrogen and oxygen atoms in total. The maximum atomic E-state index is 13.2. The first-order valence-electron chi connectivity index (χ1n) is 12.5. The summed E-state index contributed by atoms with van der Waals surface area (Å²) in [5.74, 6) is -1.28. The molecule has 4 rings (SSSR count). The van der Waals surface area contributed by atoms with E-state index in [0.29, 0.717) is 57.9 Å². The van der Waals surface area contributed by atoms with Crippen LogP contribution in [0.5, 0.6) is 0 Å². The summed E-state index contributed by atoms with van der Waals surface area (Å²) in [6.07, 6.45) is 1.83. The molecule has 0 saturated carbocycles. The maximum absolute atomic E-state index is 13.2. The second-order valence-corrected chi connectivity index (χ2v) is 9.29. The van der Waals surface area contributed by atoms with Crippen LogP contribution >= 0.6 is 0 Å². The number of nitrogens with one attached hydrogen (secondary N) is 1. The highest BCUT2D eigenvalue weighted by Gasteiger charge is 2.29. The van der Waals surface area contributed by atoms with E-state index in [1.54, 1.807) is 21.4 Å². The standard InChI is InChI=1S/C26H33N5O5/c1-3-36-26(35)20-9-13-29(14-10-20)23(32)16-27-24(33)21-15-22-25(34)30(11-4-12-31(22)28-21)17-19-7-5-18(2)6-8-19/h5-8,15,20H,3-4,9-14,16-17H2,1-2H3,(H,27,33). The molecule has 0 aliphatic carbocycles. The molecule has 1 fully saturated rings. The van der Waals surface area contributed by atoms with Crippen molar-refractivity contribution < 1.29 is 23.9 Å².